The lowest BCUT2D eigenvalue weighted by molar-refractivity contribution is -0.123. The fraction of sp³-hybridized carbons (Fsp3) is 0.632. The summed E-state index contributed by atoms with van der Waals surface area (Å²) in [6.45, 7) is 3.23. The van der Waals surface area contributed by atoms with E-state index in [-0.39, 0.29) is 18.0 Å². The molecule has 1 saturated heterocycles. The lowest BCUT2D eigenvalue weighted by atomic mass is 9.91. The molecule has 1 heterocycles. The zero-order valence-electron chi connectivity index (χ0n) is 14.4. The van der Waals surface area contributed by atoms with Crippen LogP contribution in [0, 0.1) is 5.92 Å². The summed E-state index contributed by atoms with van der Waals surface area (Å²) in [7, 11) is -0.722. The number of carbonyl (C=O) groups is 1. The summed E-state index contributed by atoms with van der Waals surface area (Å²) in [5.41, 5.74) is 1.21. The molecule has 4 nitrogen and oxygen atoms in total. The Hall–Kier alpha value is -1.20. The average Bonchev–Trinajstić information content (AvgIpc) is 3.10. The lowest BCUT2D eigenvalue weighted by Crippen LogP contribution is -2.49. The van der Waals surface area contributed by atoms with E-state index in [1.54, 1.807) is 0 Å². The van der Waals surface area contributed by atoms with Gasteiger partial charge in [0.2, 0.25) is 5.91 Å². The van der Waals surface area contributed by atoms with Crippen molar-refractivity contribution in [1.29, 1.82) is 0 Å². The first-order valence-corrected chi connectivity index (χ1v) is 10.6. The molecular weight excluding hydrogens is 320 g/mol. The molecule has 3 atom stereocenters. The first kappa shape index (κ1) is 17.6. The topological polar surface area (TPSA) is 49.4 Å². The SMILES string of the molecule is CC1CS(=O)CCN1CC(=O)NC(c1ccccc1)C1CCCC1. The summed E-state index contributed by atoms with van der Waals surface area (Å²) in [4.78, 5) is 14.8. The highest BCUT2D eigenvalue weighted by Crippen LogP contribution is 2.35. The molecule has 3 unspecified atom stereocenters. The summed E-state index contributed by atoms with van der Waals surface area (Å²) >= 11 is 0. The van der Waals surface area contributed by atoms with Crippen molar-refractivity contribution in [3.05, 3.63) is 35.9 Å². The standard InChI is InChI=1S/C19H28N2O2S/c1-15-14-24(23)12-11-21(15)13-18(22)20-19(17-9-5-6-10-17)16-7-3-2-4-8-16/h2-4,7-8,15,17,19H,5-6,9-14H2,1H3,(H,20,22). The summed E-state index contributed by atoms with van der Waals surface area (Å²) in [6.07, 6.45) is 4.91. The van der Waals surface area contributed by atoms with Crippen LogP contribution in [0.15, 0.2) is 30.3 Å². The molecule has 1 saturated carbocycles. The van der Waals surface area contributed by atoms with Crippen LogP contribution in [0.2, 0.25) is 0 Å². The minimum Gasteiger partial charge on any atom is -0.348 e. The van der Waals surface area contributed by atoms with Gasteiger partial charge in [0.25, 0.3) is 0 Å². The number of carbonyl (C=O) groups excluding carboxylic acids is 1. The highest BCUT2D eigenvalue weighted by molar-refractivity contribution is 7.85. The molecule has 1 aliphatic heterocycles. The van der Waals surface area contributed by atoms with Gasteiger partial charge in [-0.2, -0.15) is 0 Å². The van der Waals surface area contributed by atoms with E-state index in [4.69, 9.17) is 0 Å². The number of rotatable bonds is 5. The smallest absolute Gasteiger partial charge is 0.234 e. The minimum atomic E-state index is -0.722. The van der Waals surface area contributed by atoms with Crippen LogP contribution in [0.5, 0.6) is 0 Å². The third-order valence-electron chi connectivity index (χ3n) is 5.35. The van der Waals surface area contributed by atoms with Gasteiger partial charge < -0.3 is 5.32 Å². The number of nitrogens with one attached hydrogen (secondary N) is 1. The van der Waals surface area contributed by atoms with Crippen molar-refractivity contribution in [2.45, 2.75) is 44.7 Å². The van der Waals surface area contributed by atoms with Crippen molar-refractivity contribution in [3.8, 4) is 0 Å². The van der Waals surface area contributed by atoms with Crippen molar-refractivity contribution < 1.29 is 9.00 Å². The molecule has 1 aliphatic carbocycles. The summed E-state index contributed by atoms with van der Waals surface area (Å²) in [5, 5.41) is 3.30. The summed E-state index contributed by atoms with van der Waals surface area (Å²) in [6, 6.07) is 10.7. The van der Waals surface area contributed by atoms with Gasteiger partial charge in [-0.3, -0.25) is 13.9 Å². The molecule has 1 aromatic carbocycles. The fourth-order valence-electron chi connectivity index (χ4n) is 3.96. The molecule has 1 N–H and O–H groups in total. The molecular formula is C19H28N2O2S. The van der Waals surface area contributed by atoms with E-state index in [0.717, 1.165) is 6.54 Å². The van der Waals surface area contributed by atoms with Gasteiger partial charge >= 0.3 is 0 Å². The summed E-state index contributed by atoms with van der Waals surface area (Å²) < 4.78 is 11.6. The second-order valence-electron chi connectivity index (χ2n) is 7.13. The van der Waals surface area contributed by atoms with Crippen LogP contribution in [0.4, 0.5) is 0 Å². The Bertz CT molecular complexity index is 572. The highest BCUT2D eigenvalue weighted by Gasteiger charge is 2.29. The van der Waals surface area contributed by atoms with Crippen LogP contribution in [-0.4, -0.2) is 45.7 Å². The maximum atomic E-state index is 12.7. The first-order chi connectivity index (χ1) is 11.6. The third kappa shape index (κ3) is 4.45. The van der Waals surface area contributed by atoms with E-state index >= 15 is 0 Å². The van der Waals surface area contributed by atoms with Gasteiger partial charge in [-0.1, -0.05) is 43.2 Å². The number of hydrogen-bond donors (Lipinski definition) is 1. The maximum Gasteiger partial charge on any atom is 0.234 e. The number of amides is 1. The molecule has 3 rings (SSSR count). The van der Waals surface area contributed by atoms with Crippen LogP contribution < -0.4 is 5.32 Å². The van der Waals surface area contributed by atoms with Crippen LogP contribution in [0.1, 0.15) is 44.2 Å². The average molecular weight is 349 g/mol. The quantitative estimate of drug-likeness (QED) is 0.889. The molecule has 1 aromatic rings. The highest BCUT2D eigenvalue weighted by atomic mass is 32.2. The first-order valence-electron chi connectivity index (χ1n) is 9.07. The predicted molar refractivity (Wildman–Crippen MR) is 98.2 cm³/mol. The normalized spacial score (nSPS) is 27.0. The van der Waals surface area contributed by atoms with Crippen LogP contribution >= 0.6 is 0 Å². The van der Waals surface area contributed by atoms with Crippen molar-refractivity contribution in [2.24, 2.45) is 5.92 Å². The molecule has 0 spiro atoms. The molecule has 1 amide bonds. The zero-order valence-corrected chi connectivity index (χ0v) is 15.3. The Balaban J connectivity index is 1.64. The van der Waals surface area contributed by atoms with Gasteiger partial charge in [0, 0.05) is 34.9 Å². The number of nitrogens with zero attached hydrogens (tertiary/aromatic N) is 1. The second kappa shape index (κ2) is 8.26. The fourth-order valence-corrected chi connectivity index (χ4v) is 5.31. The molecule has 0 radical (unpaired) electrons. The predicted octanol–water partition coefficient (Wildman–Crippen LogP) is 2.49. The monoisotopic (exact) mass is 348 g/mol. The largest absolute Gasteiger partial charge is 0.348 e. The van der Waals surface area contributed by atoms with Crippen molar-refractivity contribution in [1.82, 2.24) is 10.2 Å². The number of hydrogen-bond acceptors (Lipinski definition) is 3. The second-order valence-corrected chi connectivity index (χ2v) is 8.75. The molecule has 132 valence electrons. The van der Waals surface area contributed by atoms with Crippen molar-refractivity contribution >= 4 is 16.7 Å². The third-order valence-corrected chi connectivity index (χ3v) is 6.84. The van der Waals surface area contributed by atoms with E-state index < -0.39 is 10.8 Å². The van der Waals surface area contributed by atoms with E-state index in [9.17, 15) is 9.00 Å². The Morgan fingerprint density at radius 1 is 1.29 bits per heavy atom. The Morgan fingerprint density at radius 3 is 2.67 bits per heavy atom. The van der Waals surface area contributed by atoms with Gasteiger partial charge in [0.15, 0.2) is 0 Å². The van der Waals surface area contributed by atoms with Gasteiger partial charge in [-0.15, -0.1) is 0 Å². The van der Waals surface area contributed by atoms with Crippen LogP contribution in [-0.2, 0) is 15.6 Å². The molecule has 0 bridgehead atoms. The van der Waals surface area contributed by atoms with Crippen LogP contribution in [0.3, 0.4) is 0 Å². The van der Waals surface area contributed by atoms with Crippen LogP contribution in [0.25, 0.3) is 0 Å². The minimum absolute atomic E-state index is 0.0929. The van der Waals surface area contributed by atoms with Gasteiger partial charge in [-0.25, -0.2) is 0 Å². The Morgan fingerprint density at radius 2 is 2.00 bits per heavy atom. The molecule has 2 aliphatic rings. The van der Waals surface area contributed by atoms with Crippen molar-refractivity contribution in [2.75, 3.05) is 24.6 Å². The van der Waals surface area contributed by atoms with Gasteiger partial charge in [-0.05, 0) is 31.2 Å². The summed E-state index contributed by atoms with van der Waals surface area (Å²) in [5.74, 6) is 2.00. The van der Waals surface area contributed by atoms with Gasteiger partial charge in [0.05, 0.1) is 12.6 Å². The van der Waals surface area contributed by atoms with Gasteiger partial charge in [0.1, 0.15) is 0 Å². The molecule has 24 heavy (non-hydrogen) atoms. The molecule has 0 aromatic heterocycles. The maximum absolute atomic E-state index is 12.7. The lowest BCUT2D eigenvalue weighted by Gasteiger charge is -2.33. The van der Waals surface area contributed by atoms with E-state index in [1.165, 1.54) is 31.2 Å². The van der Waals surface area contributed by atoms with E-state index in [0.29, 0.717) is 24.0 Å². The Labute approximate surface area is 147 Å². The Kier molecular flexibility index (Phi) is 6.06. The number of benzene rings is 1. The molecule has 2 fully saturated rings. The van der Waals surface area contributed by atoms with Crippen molar-refractivity contribution in [3.63, 3.8) is 0 Å². The van der Waals surface area contributed by atoms with E-state index in [2.05, 4.69) is 29.3 Å². The van der Waals surface area contributed by atoms with E-state index in [1.807, 2.05) is 18.2 Å². The molecule has 5 heteroatoms. The zero-order chi connectivity index (χ0) is 16.9.